The minimum atomic E-state index is 0.0485. The third-order valence-corrected chi connectivity index (χ3v) is 5.81. The summed E-state index contributed by atoms with van der Waals surface area (Å²) in [5, 5.41) is 0.684. The predicted molar refractivity (Wildman–Crippen MR) is 115 cm³/mol. The number of rotatable bonds is 5. The molecule has 28 heavy (non-hydrogen) atoms. The zero-order valence-corrected chi connectivity index (χ0v) is 17.5. The van der Waals surface area contributed by atoms with E-state index in [1.165, 1.54) is 0 Å². The molecule has 1 aliphatic rings. The number of hydrogen-bond acceptors (Lipinski definition) is 2. The summed E-state index contributed by atoms with van der Waals surface area (Å²) in [7, 11) is 0. The minimum absolute atomic E-state index is 0.0485. The Morgan fingerprint density at radius 3 is 2.57 bits per heavy atom. The molecule has 0 spiro atoms. The van der Waals surface area contributed by atoms with Crippen LogP contribution in [0.15, 0.2) is 71.2 Å². The Morgan fingerprint density at radius 1 is 1.00 bits per heavy atom. The highest BCUT2D eigenvalue weighted by Gasteiger charge is 2.26. The van der Waals surface area contributed by atoms with Crippen molar-refractivity contribution in [1.29, 1.82) is 0 Å². The van der Waals surface area contributed by atoms with Gasteiger partial charge in [-0.25, -0.2) is 0 Å². The minimum Gasteiger partial charge on any atom is -0.489 e. The Morgan fingerprint density at radius 2 is 1.79 bits per heavy atom. The van der Waals surface area contributed by atoms with Crippen LogP contribution in [0.5, 0.6) is 5.75 Å². The van der Waals surface area contributed by atoms with Gasteiger partial charge < -0.3 is 9.64 Å². The maximum atomic E-state index is 13.0. The molecule has 142 valence electrons. The largest absolute Gasteiger partial charge is 0.489 e. The maximum absolute atomic E-state index is 13.0. The quantitative estimate of drug-likeness (QED) is 0.480. The molecular weight excluding hydrogens is 438 g/mol. The van der Waals surface area contributed by atoms with E-state index < -0.39 is 0 Å². The molecule has 1 aliphatic heterocycles. The van der Waals surface area contributed by atoms with Crippen LogP contribution in [0, 0.1) is 0 Å². The highest BCUT2D eigenvalue weighted by molar-refractivity contribution is 9.10. The number of ether oxygens (including phenoxy) is 1. The maximum Gasteiger partial charge on any atom is 0.254 e. The standard InChI is InChI=1S/C23H19BrClNO2/c24-18-10-8-16(9-11-18)14-26-13-12-19-20(23(26)27)5-3-7-22(19)28-15-17-4-1-2-6-21(17)25/h1-11H,12-15H2. The van der Waals surface area contributed by atoms with Gasteiger partial charge >= 0.3 is 0 Å². The Hall–Kier alpha value is -2.30. The first-order valence-electron chi connectivity index (χ1n) is 9.13. The van der Waals surface area contributed by atoms with Crippen molar-refractivity contribution in [3.8, 4) is 5.75 Å². The predicted octanol–water partition coefficient (Wildman–Crippen LogP) is 5.88. The van der Waals surface area contributed by atoms with Gasteiger partial charge in [-0.05, 0) is 42.3 Å². The lowest BCUT2D eigenvalue weighted by atomic mass is 9.97. The molecule has 0 atom stereocenters. The van der Waals surface area contributed by atoms with E-state index in [0.717, 1.165) is 38.9 Å². The summed E-state index contributed by atoms with van der Waals surface area (Å²) >= 11 is 9.66. The first-order valence-corrected chi connectivity index (χ1v) is 10.3. The fraction of sp³-hybridized carbons (Fsp3) is 0.174. The average molecular weight is 457 g/mol. The lowest BCUT2D eigenvalue weighted by Crippen LogP contribution is -2.37. The average Bonchev–Trinajstić information content (AvgIpc) is 2.71. The molecule has 0 bridgehead atoms. The molecule has 0 fully saturated rings. The second-order valence-corrected chi connectivity index (χ2v) is 8.09. The Kier molecular flexibility index (Phi) is 5.69. The Bertz CT molecular complexity index is 1000. The van der Waals surface area contributed by atoms with Gasteiger partial charge in [0.2, 0.25) is 0 Å². The first-order chi connectivity index (χ1) is 13.6. The van der Waals surface area contributed by atoms with Gasteiger partial charge in [0, 0.05) is 39.3 Å². The highest BCUT2D eigenvalue weighted by atomic mass is 79.9. The number of carbonyl (C=O) groups is 1. The SMILES string of the molecule is O=C1c2cccc(OCc3ccccc3Cl)c2CCN1Cc1ccc(Br)cc1. The van der Waals surface area contributed by atoms with E-state index in [0.29, 0.717) is 24.7 Å². The molecule has 3 aromatic rings. The van der Waals surface area contributed by atoms with E-state index in [1.54, 1.807) is 0 Å². The van der Waals surface area contributed by atoms with Crippen LogP contribution in [-0.4, -0.2) is 17.4 Å². The van der Waals surface area contributed by atoms with E-state index in [2.05, 4.69) is 15.9 Å². The van der Waals surface area contributed by atoms with Crippen molar-refractivity contribution >= 4 is 33.4 Å². The van der Waals surface area contributed by atoms with E-state index in [4.69, 9.17) is 16.3 Å². The molecule has 1 amide bonds. The molecule has 3 aromatic carbocycles. The molecule has 0 N–H and O–H groups in total. The molecule has 0 saturated carbocycles. The second-order valence-electron chi connectivity index (χ2n) is 6.77. The fourth-order valence-corrected chi connectivity index (χ4v) is 3.86. The number of benzene rings is 3. The molecule has 1 heterocycles. The summed E-state index contributed by atoms with van der Waals surface area (Å²) in [6.45, 7) is 1.66. The van der Waals surface area contributed by atoms with Crippen LogP contribution < -0.4 is 4.74 Å². The van der Waals surface area contributed by atoms with Crippen LogP contribution in [0.3, 0.4) is 0 Å². The van der Waals surface area contributed by atoms with E-state index in [-0.39, 0.29) is 5.91 Å². The summed E-state index contributed by atoms with van der Waals surface area (Å²) in [6.07, 6.45) is 0.774. The molecule has 0 unspecified atom stereocenters. The molecule has 4 rings (SSSR count). The molecule has 0 saturated heterocycles. The van der Waals surface area contributed by atoms with Gasteiger partial charge in [0.25, 0.3) is 5.91 Å². The molecule has 3 nitrogen and oxygen atoms in total. The van der Waals surface area contributed by atoms with Crippen molar-refractivity contribution in [2.24, 2.45) is 0 Å². The van der Waals surface area contributed by atoms with Gasteiger partial charge in [0.1, 0.15) is 12.4 Å². The number of carbonyl (C=O) groups excluding carboxylic acids is 1. The van der Waals surface area contributed by atoms with Crippen molar-refractivity contribution in [3.05, 3.63) is 98.5 Å². The van der Waals surface area contributed by atoms with Crippen LogP contribution >= 0.6 is 27.5 Å². The number of hydrogen-bond donors (Lipinski definition) is 0. The number of fused-ring (bicyclic) bond motifs is 1. The molecular formula is C23H19BrClNO2. The topological polar surface area (TPSA) is 29.5 Å². The van der Waals surface area contributed by atoms with Crippen molar-refractivity contribution in [3.63, 3.8) is 0 Å². The third-order valence-electron chi connectivity index (χ3n) is 4.91. The van der Waals surface area contributed by atoms with Crippen molar-refractivity contribution in [2.45, 2.75) is 19.6 Å². The lowest BCUT2D eigenvalue weighted by Gasteiger charge is -2.29. The Balaban J connectivity index is 1.51. The van der Waals surface area contributed by atoms with E-state index in [1.807, 2.05) is 71.6 Å². The summed E-state index contributed by atoms with van der Waals surface area (Å²) in [5.74, 6) is 0.807. The normalized spacial score (nSPS) is 13.4. The summed E-state index contributed by atoms with van der Waals surface area (Å²) in [6, 6.07) is 21.4. The van der Waals surface area contributed by atoms with Crippen molar-refractivity contribution in [2.75, 3.05) is 6.54 Å². The first kappa shape index (κ1) is 19.0. The van der Waals surface area contributed by atoms with Crippen molar-refractivity contribution < 1.29 is 9.53 Å². The fourth-order valence-electron chi connectivity index (χ4n) is 3.41. The lowest BCUT2D eigenvalue weighted by molar-refractivity contribution is 0.0725. The van der Waals surface area contributed by atoms with Gasteiger partial charge in [0.15, 0.2) is 0 Å². The van der Waals surface area contributed by atoms with E-state index in [9.17, 15) is 4.79 Å². The van der Waals surface area contributed by atoms with Gasteiger partial charge in [0.05, 0.1) is 0 Å². The smallest absolute Gasteiger partial charge is 0.254 e. The highest BCUT2D eigenvalue weighted by Crippen LogP contribution is 2.30. The van der Waals surface area contributed by atoms with Gasteiger partial charge in [-0.2, -0.15) is 0 Å². The molecule has 0 radical (unpaired) electrons. The second kappa shape index (κ2) is 8.38. The number of halogens is 2. The molecule has 0 aromatic heterocycles. The van der Waals surface area contributed by atoms with E-state index >= 15 is 0 Å². The van der Waals surface area contributed by atoms with Crippen LogP contribution in [0.4, 0.5) is 0 Å². The van der Waals surface area contributed by atoms with Gasteiger partial charge in [-0.1, -0.05) is 63.9 Å². The summed E-state index contributed by atoms with van der Waals surface area (Å²) < 4.78 is 7.06. The Labute approximate surface area is 178 Å². The van der Waals surface area contributed by atoms with Gasteiger partial charge in [-0.15, -0.1) is 0 Å². The van der Waals surface area contributed by atoms with Crippen LogP contribution in [0.2, 0.25) is 5.02 Å². The van der Waals surface area contributed by atoms with Crippen LogP contribution in [0.25, 0.3) is 0 Å². The monoisotopic (exact) mass is 455 g/mol. The molecule has 0 aliphatic carbocycles. The number of amides is 1. The molecule has 5 heteroatoms. The zero-order valence-electron chi connectivity index (χ0n) is 15.2. The van der Waals surface area contributed by atoms with Crippen LogP contribution in [0.1, 0.15) is 27.0 Å². The zero-order chi connectivity index (χ0) is 19.5. The van der Waals surface area contributed by atoms with Crippen LogP contribution in [-0.2, 0) is 19.6 Å². The number of nitrogens with zero attached hydrogens (tertiary/aromatic N) is 1. The summed E-state index contributed by atoms with van der Waals surface area (Å²) in [4.78, 5) is 14.9. The van der Waals surface area contributed by atoms with Crippen molar-refractivity contribution in [1.82, 2.24) is 4.90 Å². The van der Waals surface area contributed by atoms with Gasteiger partial charge in [-0.3, -0.25) is 4.79 Å². The summed E-state index contributed by atoms with van der Waals surface area (Å²) in [5.41, 5.74) is 3.75. The third kappa shape index (κ3) is 4.08.